The zero-order valence-corrected chi connectivity index (χ0v) is 16.0. The number of ether oxygens (including phenoxy) is 2. The van der Waals surface area contributed by atoms with Crippen LogP contribution < -0.4 is 10.1 Å². The second-order valence-electron chi connectivity index (χ2n) is 6.21. The average Bonchev–Trinajstić information content (AvgIpc) is 3.19. The van der Waals surface area contributed by atoms with Gasteiger partial charge in [0, 0.05) is 17.7 Å². The number of carbonyl (C=O) groups is 2. The third kappa shape index (κ3) is 5.80. The summed E-state index contributed by atoms with van der Waals surface area (Å²) in [7, 11) is 1.56. The number of nitrogens with one attached hydrogen (secondary N) is 1. The van der Waals surface area contributed by atoms with Crippen molar-refractivity contribution in [3.05, 3.63) is 71.8 Å². The Morgan fingerprint density at radius 3 is 2.69 bits per heavy atom. The smallest absolute Gasteiger partial charge is 0.331 e. The van der Waals surface area contributed by atoms with E-state index in [4.69, 9.17) is 14.0 Å². The van der Waals surface area contributed by atoms with Crippen LogP contribution in [0.15, 0.2) is 65.2 Å². The number of nitrogens with zero attached hydrogens (tertiary/aromatic N) is 1. The summed E-state index contributed by atoms with van der Waals surface area (Å²) in [5, 5.41) is 6.42. The fourth-order valence-electron chi connectivity index (χ4n) is 2.46. The van der Waals surface area contributed by atoms with Crippen LogP contribution >= 0.6 is 0 Å². The molecule has 0 spiro atoms. The van der Waals surface area contributed by atoms with Crippen LogP contribution in [0.1, 0.15) is 11.1 Å². The van der Waals surface area contributed by atoms with Crippen molar-refractivity contribution < 1.29 is 23.6 Å². The molecule has 0 aliphatic carbocycles. The van der Waals surface area contributed by atoms with Crippen LogP contribution in [-0.2, 0) is 14.3 Å². The molecule has 1 amide bonds. The van der Waals surface area contributed by atoms with Crippen LogP contribution in [0.5, 0.6) is 5.75 Å². The molecule has 29 heavy (non-hydrogen) atoms. The lowest BCUT2D eigenvalue weighted by Crippen LogP contribution is -2.19. The number of hydrogen-bond acceptors (Lipinski definition) is 6. The average molecular weight is 392 g/mol. The maximum absolute atomic E-state index is 11.9. The first kappa shape index (κ1) is 19.9. The zero-order valence-electron chi connectivity index (χ0n) is 16.0. The predicted molar refractivity (Wildman–Crippen MR) is 108 cm³/mol. The van der Waals surface area contributed by atoms with Gasteiger partial charge in [-0.2, -0.15) is 0 Å². The minimum atomic E-state index is -0.638. The number of esters is 1. The number of anilines is 1. The third-order valence-corrected chi connectivity index (χ3v) is 3.97. The quantitative estimate of drug-likeness (QED) is 0.485. The van der Waals surface area contributed by atoms with Gasteiger partial charge in [0.2, 0.25) is 5.88 Å². The third-order valence-electron chi connectivity index (χ3n) is 3.97. The van der Waals surface area contributed by atoms with E-state index in [1.807, 2.05) is 37.3 Å². The van der Waals surface area contributed by atoms with Crippen molar-refractivity contribution in [2.24, 2.45) is 0 Å². The molecule has 3 rings (SSSR count). The van der Waals surface area contributed by atoms with E-state index in [2.05, 4.69) is 10.5 Å². The van der Waals surface area contributed by atoms with Crippen LogP contribution in [0.4, 0.5) is 5.88 Å². The van der Waals surface area contributed by atoms with Crippen molar-refractivity contribution in [2.75, 3.05) is 19.0 Å². The summed E-state index contributed by atoms with van der Waals surface area (Å²) in [5.41, 5.74) is 3.37. The molecule has 0 aliphatic rings. The lowest BCUT2D eigenvalue weighted by Gasteiger charge is -2.02. The van der Waals surface area contributed by atoms with Gasteiger partial charge < -0.3 is 14.0 Å². The van der Waals surface area contributed by atoms with Gasteiger partial charge in [-0.25, -0.2) is 4.79 Å². The first-order chi connectivity index (χ1) is 14.0. The number of amides is 1. The molecule has 7 heteroatoms. The standard InChI is InChI=1S/C22H20N2O5/c1-15-6-9-17(10-7-15)19-13-21(29-24-19)23-20(25)14-28-22(26)11-8-16-4-3-5-18(12-16)27-2/h3-13H,14H2,1-2H3,(H,23,25)/b11-8+. The molecule has 0 saturated heterocycles. The molecule has 0 atom stereocenters. The molecule has 0 fully saturated rings. The Kier molecular flexibility index (Phi) is 6.42. The Balaban J connectivity index is 1.49. The molecule has 1 N–H and O–H groups in total. The van der Waals surface area contributed by atoms with E-state index >= 15 is 0 Å². The second kappa shape index (κ2) is 9.36. The molecular weight excluding hydrogens is 372 g/mol. The highest BCUT2D eigenvalue weighted by atomic mass is 16.5. The maximum Gasteiger partial charge on any atom is 0.331 e. The maximum atomic E-state index is 11.9. The van der Waals surface area contributed by atoms with Gasteiger partial charge in [-0.05, 0) is 30.7 Å². The molecule has 7 nitrogen and oxygen atoms in total. The molecule has 1 aromatic heterocycles. The summed E-state index contributed by atoms with van der Waals surface area (Å²) in [6.07, 6.45) is 2.82. The lowest BCUT2D eigenvalue weighted by molar-refractivity contribution is -0.142. The van der Waals surface area contributed by atoms with Gasteiger partial charge in [-0.15, -0.1) is 0 Å². The van der Waals surface area contributed by atoms with E-state index < -0.39 is 18.5 Å². The van der Waals surface area contributed by atoms with Crippen LogP contribution in [0, 0.1) is 6.92 Å². The van der Waals surface area contributed by atoms with E-state index in [1.165, 1.54) is 6.08 Å². The summed E-state index contributed by atoms with van der Waals surface area (Å²) in [4.78, 5) is 23.7. The Morgan fingerprint density at radius 1 is 1.14 bits per heavy atom. The molecule has 3 aromatic rings. The monoisotopic (exact) mass is 392 g/mol. The number of aromatic nitrogens is 1. The number of methoxy groups -OCH3 is 1. The summed E-state index contributed by atoms with van der Waals surface area (Å²) in [6.45, 7) is 1.55. The van der Waals surface area contributed by atoms with Gasteiger partial charge in [0.1, 0.15) is 11.4 Å². The molecule has 148 valence electrons. The van der Waals surface area contributed by atoms with Crippen molar-refractivity contribution in [2.45, 2.75) is 6.92 Å². The highest BCUT2D eigenvalue weighted by molar-refractivity contribution is 5.94. The molecule has 0 bridgehead atoms. The van der Waals surface area contributed by atoms with Crippen molar-refractivity contribution >= 4 is 23.8 Å². The van der Waals surface area contributed by atoms with Gasteiger partial charge in [0.25, 0.3) is 5.91 Å². The fourth-order valence-corrected chi connectivity index (χ4v) is 2.46. The molecule has 0 unspecified atom stereocenters. The second-order valence-corrected chi connectivity index (χ2v) is 6.21. The molecule has 0 radical (unpaired) electrons. The summed E-state index contributed by atoms with van der Waals surface area (Å²) < 4.78 is 15.1. The molecule has 1 heterocycles. The lowest BCUT2D eigenvalue weighted by atomic mass is 10.1. The Morgan fingerprint density at radius 2 is 1.93 bits per heavy atom. The fraction of sp³-hybridized carbons (Fsp3) is 0.136. The number of carbonyl (C=O) groups excluding carboxylic acids is 2. The largest absolute Gasteiger partial charge is 0.497 e. The van der Waals surface area contributed by atoms with Crippen LogP contribution in [0.3, 0.4) is 0 Å². The van der Waals surface area contributed by atoms with Crippen molar-refractivity contribution in [1.82, 2.24) is 5.16 Å². The van der Waals surface area contributed by atoms with Crippen molar-refractivity contribution in [1.29, 1.82) is 0 Å². The first-order valence-corrected chi connectivity index (χ1v) is 8.86. The topological polar surface area (TPSA) is 90.7 Å². The van der Waals surface area contributed by atoms with Crippen molar-refractivity contribution in [3.8, 4) is 17.0 Å². The number of aryl methyl sites for hydroxylation is 1. The molecular formula is C22H20N2O5. The number of rotatable bonds is 7. The van der Waals surface area contributed by atoms with Crippen LogP contribution in [0.2, 0.25) is 0 Å². The summed E-state index contributed by atoms with van der Waals surface area (Å²) in [5.74, 6) is -0.314. The van der Waals surface area contributed by atoms with Gasteiger partial charge in [0.05, 0.1) is 7.11 Å². The molecule has 2 aromatic carbocycles. The van der Waals surface area contributed by atoms with E-state index in [0.717, 1.165) is 16.7 Å². The highest BCUT2D eigenvalue weighted by Crippen LogP contribution is 2.22. The minimum Gasteiger partial charge on any atom is -0.497 e. The molecule has 0 aliphatic heterocycles. The Hall–Kier alpha value is -3.87. The SMILES string of the molecule is COc1cccc(/C=C/C(=O)OCC(=O)Nc2cc(-c3ccc(C)cc3)no2)c1. The molecule has 0 saturated carbocycles. The van der Waals surface area contributed by atoms with Gasteiger partial charge in [-0.3, -0.25) is 10.1 Å². The van der Waals surface area contributed by atoms with Crippen LogP contribution in [0.25, 0.3) is 17.3 Å². The zero-order chi connectivity index (χ0) is 20.6. The number of hydrogen-bond donors (Lipinski definition) is 1. The van der Waals surface area contributed by atoms with E-state index in [9.17, 15) is 9.59 Å². The highest BCUT2D eigenvalue weighted by Gasteiger charge is 2.11. The van der Waals surface area contributed by atoms with Gasteiger partial charge in [-0.1, -0.05) is 47.1 Å². The van der Waals surface area contributed by atoms with E-state index in [0.29, 0.717) is 11.4 Å². The van der Waals surface area contributed by atoms with Crippen LogP contribution in [-0.4, -0.2) is 30.7 Å². The normalized spacial score (nSPS) is 10.7. The number of benzene rings is 2. The van der Waals surface area contributed by atoms with Crippen molar-refractivity contribution in [3.63, 3.8) is 0 Å². The van der Waals surface area contributed by atoms with Gasteiger partial charge in [0.15, 0.2) is 6.61 Å². The predicted octanol–water partition coefficient (Wildman–Crippen LogP) is 3.85. The first-order valence-electron chi connectivity index (χ1n) is 8.86. The minimum absolute atomic E-state index is 0.175. The van der Waals surface area contributed by atoms with Gasteiger partial charge >= 0.3 is 5.97 Å². The Labute approximate surface area is 167 Å². The van der Waals surface area contributed by atoms with E-state index in [-0.39, 0.29) is 5.88 Å². The summed E-state index contributed by atoms with van der Waals surface area (Å²) in [6, 6.07) is 16.5. The van der Waals surface area contributed by atoms with E-state index in [1.54, 1.807) is 37.5 Å². The summed E-state index contributed by atoms with van der Waals surface area (Å²) >= 11 is 0. The Bertz CT molecular complexity index is 1020.